The molecule has 1 aromatic rings. The van der Waals surface area contributed by atoms with Gasteiger partial charge in [0.2, 0.25) is 5.91 Å². The summed E-state index contributed by atoms with van der Waals surface area (Å²) in [4.78, 5) is 13.8. The van der Waals surface area contributed by atoms with Crippen LogP contribution in [0, 0.1) is 0 Å². The SMILES string of the molecule is CN(CC(=O)NC(C)(C)C)Cc1ccc(CN)cc1. The molecule has 4 nitrogen and oxygen atoms in total. The molecule has 0 saturated carbocycles. The van der Waals surface area contributed by atoms with Crippen LogP contribution in [0.3, 0.4) is 0 Å². The molecule has 0 aliphatic rings. The molecule has 1 rings (SSSR count). The molecule has 0 saturated heterocycles. The second-order valence-corrected chi connectivity index (χ2v) is 5.99. The minimum atomic E-state index is -0.180. The van der Waals surface area contributed by atoms with E-state index in [1.165, 1.54) is 5.56 Å². The Kier molecular flexibility index (Phi) is 5.51. The molecule has 0 atom stereocenters. The van der Waals surface area contributed by atoms with Crippen molar-refractivity contribution in [2.75, 3.05) is 13.6 Å². The van der Waals surface area contributed by atoms with Crippen LogP contribution in [0.25, 0.3) is 0 Å². The Labute approximate surface area is 116 Å². The van der Waals surface area contributed by atoms with Crippen molar-refractivity contribution in [3.63, 3.8) is 0 Å². The molecule has 0 radical (unpaired) electrons. The van der Waals surface area contributed by atoms with Crippen LogP contribution < -0.4 is 11.1 Å². The van der Waals surface area contributed by atoms with E-state index in [0.29, 0.717) is 13.1 Å². The first-order valence-electron chi connectivity index (χ1n) is 6.57. The molecule has 0 aliphatic carbocycles. The molecule has 0 spiro atoms. The molecule has 0 aliphatic heterocycles. The summed E-state index contributed by atoms with van der Waals surface area (Å²) in [6, 6.07) is 8.16. The highest BCUT2D eigenvalue weighted by Gasteiger charge is 2.15. The van der Waals surface area contributed by atoms with E-state index in [1.807, 2.05) is 44.9 Å². The van der Waals surface area contributed by atoms with Crippen LogP contribution in [0.1, 0.15) is 31.9 Å². The van der Waals surface area contributed by atoms with E-state index < -0.39 is 0 Å². The number of rotatable bonds is 5. The molecule has 0 aromatic heterocycles. The normalized spacial score (nSPS) is 11.7. The summed E-state index contributed by atoms with van der Waals surface area (Å²) in [6.07, 6.45) is 0. The maximum Gasteiger partial charge on any atom is 0.234 e. The van der Waals surface area contributed by atoms with Crippen molar-refractivity contribution in [2.45, 2.75) is 39.4 Å². The zero-order valence-electron chi connectivity index (χ0n) is 12.4. The number of carbonyl (C=O) groups is 1. The van der Waals surface area contributed by atoms with Gasteiger partial charge in [0.15, 0.2) is 0 Å². The van der Waals surface area contributed by atoms with Gasteiger partial charge < -0.3 is 11.1 Å². The summed E-state index contributed by atoms with van der Waals surface area (Å²) >= 11 is 0. The second kappa shape index (κ2) is 6.68. The molecule has 106 valence electrons. The number of nitrogens with two attached hydrogens (primary N) is 1. The molecule has 1 aromatic carbocycles. The van der Waals surface area contributed by atoms with Crippen LogP contribution in [0.2, 0.25) is 0 Å². The second-order valence-electron chi connectivity index (χ2n) is 5.99. The molecule has 3 N–H and O–H groups in total. The molecular weight excluding hydrogens is 238 g/mol. The Bertz CT molecular complexity index is 406. The van der Waals surface area contributed by atoms with Crippen molar-refractivity contribution in [2.24, 2.45) is 5.73 Å². The molecular formula is C15H25N3O. The van der Waals surface area contributed by atoms with Crippen molar-refractivity contribution >= 4 is 5.91 Å². The van der Waals surface area contributed by atoms with E-state index in [9.17, 15) is 4.79 Å². The number of benzene rings is 1. The van der Waals surface area contributed by atoms with Crippen molar-refractivity contribution in [1.29, 1.82) is 0 Å². The lowest BCUT2D eigenvalue weighted by molar-refractivity contribution is -0.123. The fraction of sp³-hybridized carbons (Fsp3) is 0.533. The zero-order chi connectivity index (χ0) is 14.5. The summed E-state index contributed by atoms with van der Waals surface area (Å²) in [5.74, 6) is 0.0496. The fourth-order valence-corrected chi connectivity index (χ4v) is 1.85. The Morgan fingerprint density at radius 2 is 1.74 bits per heavy atom. The van der Waals surface area contributed by atoms with Crippen LogP contribution in [0.4, 0.5) is 0 Å². The third-order valence-electron chi connectivity index (χ3n) is 2.64. The topological polar surface area (TPSA) is 58.4 Å². The molecule has 0 fully saturated rings. The highest BCUT2D eigenvalue weighted by atomic mass is 16.2. The van der Waals surface area contributed by atoms with Crippen molar-refractivity contribution < 1.29 is 4.79 Å². The Morgan fingerprint density at radius 3 is 2.21 bits per heavy atom. The monoisotopic (exact) mass is 263 g/mol. The lowest BCUT2D eigenvalue weighted by Gasteiger charge is -2.23. The van der Waals surface area contributed by atoms with E-state index in [-0.39, 0.29) is 11.4 Å². The highest BCUT2D eigenvalue weighted by molar-refractivity contribution is 5.78. The highest BCUT2D eigenvalue weighted by Crippen LogP contribution is 2.06. The lowest BCUT2D eigenvalue weighted by atomic mass is 10.1. The number of nitrogens with one attached hydrogen (secondary N) is 1. The van der Waals surface area contributed by atoms with Crippen molar-refractivity contribution in [1.82, 2.24) is 10.2 Å². The van der Waals surface area contributed by atoms with Gasteiger partial charge in [-0.2, -0.15) is 0 Å². The average Bonchev–Trinajstić information content (AvgIpc) is 2.27. The fourth-order valence-electron chi connectivity index (χ4n) is 1.85. The number of hydrogen-bond acceptors (Lipinski definition) is 3. The maximum atomic E-state index is 11.8. The standard InChI is InChI=1S/C15H25N3O/c1-15(2,3)17-14(19)11-18(4)10-13-7-5-12(9-16)6-8-13/h5-8H,9-11,16H2,1-4H3,(H,17,19). The van der Waals surface area contributed by atoms with E-state index in [2.05, 4.69) is 17.4 Å². The van der Waals surface area contributed by atoms with Gasteiger partial charge in [0, 0.05) is 18.6 Å². The van der Waals surface area contributed by atoms with Gasteiger partial charge in [0.25, 0.3) is 0 Å². The molecule has 0 heterocycles. The number of amides is 1. The lowest BCUT2D eigenvalue weighted by Crippen LogP contribution is -2.45. The van der Waals surface area contributed by atoms with Gasteiger partial charge in [-0.25, -0.2) is 0 Å². The smallest absolute Gasteiger partial charge is 0.234 e. The van der Waals surface area contributed by atoms with Crippen molar-refractivity contribution in [3.05, 3.63) is 35.4 Å². The number of nitrogens with zero attached hydrogens (tertiary/aromatic N) is 1. The first-order chi connectivity index (χ1) is 8.80. The third kappa shape index (κ3) is 6.36. The van der Waals surface area contributed by atoms with Gasteiger partial charge in [-0.3, -0.25) is 9.69 Å². The number of likely N-dealkylation sites (N-methyl/N-ethyl adjacent to an activating group) is 1. The number of hydrogen-bond donors (Lipinski definition) is 2. The van der Waals surface area contributed by atoms with Crippen LogP contribution in [-0.2, 0) is 17.9 Å². The summed E-state index contributed by atoms with van der Waals surface area (Å²) in [5, 5.41) is 2.96. The van der Waals surface area contributed by atoms with E-state index in [0.717, 1.165) is 12.1 Å². The van der Waals surface area contributed by atoms with E-state index in [1.54, 1.807) is 0 Å². The van der Waals surface area contributed by atoms with Crippen molar-refractivity contribution in [3.8, 4) is 0 Å². The largest absolute Gasteiger partial charge is 0.350 e. The van der Waals surface area contributed by atoms with Crippen LogP contribution in [-0.4, -0.2) is 29.9 Å². The summed E-state index contributed by atoms with van der Waals surface area (Å²) in [5.41, 5.74) is 7.69. The minimum absolute atomic E-state index is 0.0496. The summed E-state index contributed by atoms with van der Waals surface area (Å²) in [7, 11) is 1.94. The molecule has 1 amide bonds. The first-order valence-corrected chi connectivity index (χ1v) is 6.57. The van der Waals surface area contributed by atoms with Gasteiger partial charge >= 0.3 is 0 Å². The Morgan fingerprint density at radius 1 is 1.21 bits per heavy atom. The predicted molar refractivity (Wildman–Crippen MR) is 78.6 cm³/mol. The summed E-state index contributed by atoms with van der Waals surface area (Å²) in [6.45, 7) is 7.66. The van der Waals surface area contributed by atoms with Crippen LogP contribution >= 0.6 is 0 Å². The first kappa shape index (κ1) is 15.7. The quantitative estimate of drug-likeness (QED) is 0.846. The predicted octanol–water partition coefficient (Wildman–Crippen LogP) is 1.49. The van der Waals surface area contributed by atoms with Gasteiger partial charge in [0.1, 0.15) is 0 Å². The van der Waals surface area contributed by atoms with E-state index >= 15 is 0 Å². The maximum absolute atomic E-state index is 11.8. The van der Waals surface area contributed by atoms with Gasteiger partial charge in [-0.1, -0.05) is 24.3 Å². The molecule has 19 heavy (non-hydrogen) atoms. The number of carbonyl (C=O) groups excluding carboxylic acids is 1. The average molecular weight is 263 g/mol. The molecule has 0 bridgehead atoms. The molecule has 4 heteroatoms. The van der Waals surface area contributed by atoms with Crippen LogP contribution in [0.5, 0.6) is 0 Å². The molecule has 0 unspecified atom stereocenters. The minimum Gasteiger partial charge on any atom is -0.350 e. The Hall–Kier alpha value is -1.39. The van der Waals surface area contributed by atoms with E-state index in [4.69, 9.17) is 5.73 Å². The Balaban J connectivity index is 2.46. The third-order valence-corrected chi connectivity index (χ3v) is 2.64. The van der Waals surface area contributed by atoms with Gasteiger partial charge in [0.05, 0.1) is 6.54 Å². The van der Waals surface area contributed by atoms with Gasteiger partial charge in [-0.05, 0) is 38.9 Å². The summed E-state index contributed by atoms with van der Waals surface area (Å²) < 4.78 is 0. The zero-order valence-corrected chi connectivity index (χ0v) is 12.4. The van der Waals surface area contributed by atoms with Crippen LogP contribution in [0.15, 0.2) is 24.3 Å². The van der Waals surface area contributed by atoms with Gasteiger partial charge in [-0.15, -0.1) is 0 Å².